The zero-order chi connectivity index (χ0) is 11.4. The molecule has 0 bridgehead atoms. The van der Waals surface area contributed by atoms with Gasteiger partial charge in [0.05, 0.1) is 0 Å². The van der Waals surface area contributed by atoms with Gasteiger partial charge in [0.15, 0.2) is 0 Å². The van der Waals surface area contributed by atoms with Crippen LogP contribution in [0.1, 0.15) is 32.6 Å². The molecule has 1 unspecified atom stereocenters. The summed E-state index contributed by atoms with van der Waals surface area (Å²) >= 11 is 0. The third-order valence-electron chi connectivity index (χ3n) is 3.54. The van der Waals surface area contributed by atoms with E-state index in [0.29, 0.717) is 6.04 Å². The molecule has 92 valence electrons. The molecule has 2 atom stereocenters. The van der Waals surface area contributed by atoms with Gasteiger partial charge in [0.1, 0.15) is 6.10 Å². The maximum Gasteiger partial charge on any atom is 0.251 e. The summed E-state index contributed by atoms with van der Waals surface area (Å²) in [4.78, 5) is 14.3. The number of nitrogens with zero attached hydrogens (tertiary/aromatic N) is 1. The van der Waals surface area contributed by atoms with Crippen molar-refractivity contribution in [2.45, 2.75) is 44.8 Å². The SMILES string of the molecule is CCN(C(=O)[C@@H]1CCCO1)C1CCCNC1. The molecule has 0 saturated carbocycles. The summed E-state index contributed by atoms with van der Waals surface area (Å²) in [5, 5.41) is 3.36. The molecule has 1 amide bonds. The van der Waals surface area contributed by atoms with E-state index in [4.69, 9.17) is 4.74 Å². The molecule has 16 heavy (non-hydrogen) atoms. The molecular weight excluding hydrogens is 204 g/mol. The standard InChI is InChI=1S/C12H22N2O2/c1-2-14(10-5-3-7-13-9-10)12(15)11-6-4-8-16-11/h10-11,13H,2-9H2,1H3/t10?,11-/m0/s1. The molecule has 0 spiro atoms. The van der Waals surface area contributed by atoms with Crippen molar-refractivity contribution in [1.82, 2.24) is 10.2 Å². The number of carbonyl (C=O) groups excluding carboxylic acids is 1. The van der Waals surface area contributed by atoms with Gasteiger partial charge in [0.2, 0.25) is 0 Å². The van der Waals surface area contributed by atoms with E-state index < -0.39 is 0 Å². The highest BCUT2D eigenvalue weighted by atomic mass is 16.5. The monoisotopic (exact) mass is 226 g/mol. The number of amides is 1. The first-order valence-corrected chi connectivity index (χ1v) is 6.45. The predicted molar refractivity (Wildman–Crippen MR) is 62.3 cm³/mol. The minimum Gasteiger partial charge on any atom is -0.368 e. The fourth-order valence-corrected chi connectivity index (χ4v) is 2.65. The van der Waals surface area contributed by atoms with Crippen LogP contribution in [0.2, 0.25) is 0 Å². The largest absolute Gasteiger partial charge is 0.368 e. The lowest BCUT2D eigenvalue weighted by Crippen LogP contribution is -2.51. The van der Waals surface area contributed by atoms with Crippen LogP contribution in [0, 0.1) is 0 Å². The summed E-state index contributed by atoms with van der Waals surface area (Å²) in [5.74, 6) is 0.203. The van der Waals surface area contributed by atoms with Crippen LogP contribution in [0.15, 0.2) is 0 Å². The second-order valence-electron chi connectivity index (χ2n) is 4.63. The normalized spacial score (nSPS) is 30.3. The second kappa shape index (κ2) is 5.64. The Morgan fingerprint density at radius 1 is 1.44 bits per heavy atom. The van der Waals surface area contributed by atoms with Gasteiger partial charge in [-0.15, -0.1) is 0 Å². The molecule has 2 rings (SSSR count). The van der Waals surface area contributed by atoms with Gasteiger partial charge >= 0.3 is 0 Å². The lowest BCUT2D eigenvalue weighted by Gasteiger charge is -2.35. The van der Waals surface area contributed by atoms with Crippen LogP contribution >= 0.6 is 0 Å². The maximum atomic E-state index is 12.2. The third-order valence-corrected chi connectivity index (χ3v) is 3.54. The molecule has 2 heterocycles. The summed E-state index contributed by atoms with van der Waals surface area (Å²) in [6.07, 6.45) is 4.05. The number of hydrogen-bond acceptors (Lipinski definition) is 3. The van der Waals surface area contributed by atoms with E-state index in [1.54, 1.807) is 0 Å². The van der Waals surface area contributed by atoms with E-state index in [9.17, 15) is 4.79 Å². The van der Waals surface area contributed by atoms with Crippen LogP contribution in [0.25, 0.3) is 0 Å². The Bertz CT molecular complexity index is 233. The van der Waals surface area contributed by atoms with Crippen molar-refractivity contribution in [2.24, 2.45) is 0 Å². The van der Waals surface area contributed by atoms with Gasteiger partial charge in [0.25, 0.3) is 5.91 Å². The van der Waals surface area contributed by atoms with Crippen LogP contribution in [0.4, 0.5) is 0 Å². The van der Waals surface area contributed by atoms with Crippen LogP contribution < -0.4 is 5.32 Å². The minimum atomic E-state index is -0.165. The van der Waals surface area contributed by atoms with Gasteiger partial charge in [-0.2, -0.15) is 0 Å². The molecule has 2 aliphatic heterocycles. The molecule has 1 N–H and O–H groups in total. The Morgan fingerprint density at radius 2 is 2.31 bits per heavy atom. The number of piperidine rings is 1. The average molecular weight is 226 g/mol. The number of nitrogens with one attached hydrogen (secondary N) is 1. The van der Waals surface area contributed by atoms with Crippen molar-refractivity contribution in [3.63, 3.8) is 0 Å². The number of hydrogen-bond donors (Lipinski definition) is 1. The Kier molecular flexibility index (Phi) is 4.18. The van der Waals surface area contributed by atoms with Crippen molar-refractivity contribution < 1.29 is 9.53 Å². The van der Waals surface area contributed by atoms with Crippen LogP contribution in [-0.4, -0.2) is 49.2 Å². The van der Waals surface area contributed by atoms with Gasteiger partial charge in [-0.05, 0) is 39.2 Å². The molecule has 4 heteroatoms. The van der Waals surface area contributed by atoms with E-state index in [1.807, 2.05) is 4.90 Å². The number of ether oxygens (including phenoxy) is 1. The summed E-state index contributed by atoms with van der Waals surface area (Å²) in [7, 11) is 0. The number of rotatable bonds is 3. The highest BCUT2D eigenvalue weighted by Gasteiger charge is 2.31. The number of likely N-dealkylation sites (N-methyl/N-ethyl adjacent to an activating group) is 1. The Hall–Kier alpha value is -0.610. The summed E-state index contributed by atoms with van der Waals surface area (Å²) in [6.45, 7) is 5.62. The molecule has 2 saturated heterocycles. The molecule has 0 aromatic rings. The zero-order valence-electron chi connectivity index (χ0n) is 10.1. The maximum absolute atomic E-state index is 12.2. The van der Waals surface area contributed by atoms with Crippen molar-refractivity contribution in [3.05, 3.63) is 0 Å². The second-order valence-corrected chi connectivity index (χ2v) is 4.63. The van der Waals surface area contributed by atoms with Gasteiger partial charge in [-0.3, -0.25) is 4.79 Å². The molecule has 2 aliphatic rings. The lowest BCUT2D eigenvalue weighted by molar-refractivity contribution is -0.143. The van der Waals surface area contributed by atoms with Gasteiger partial charge in [-0.1, -0.05) is 0 Å². The quantitative estimate of drug-likeness (QED) is 0.772. The summed E-state index contributed by atoms with van der Waals surface area (Å²) in [6, 6.07) is 0.371. The van der Waals surface area contributed by atoms with E-state index in [1.165, 1.54) is 6.42 Å². The molecular formula is C12H22N2O2. The van der Waals surface area contributed by atoms with E-state index in [0.717, 1.165) is 45.5 Å². The van der Waals surface area contributed by atoms with Crippen molar-refractivity contribution >= 4 is 5.91 Å². The molecule has 0 radical (unpaired) electrons. The van der Waals surface area contributed by atoms with Gasteiger partial charge < -0.3 is 15.0 Å². The summed E-state index contributed by atoms with van der Waals surface area (Å²) in [5.41, 5.74) is 0. The van der Waals surface area contributed by atoms with Crippen molar-refractivity contribution in [1.29, 1.82) is 0 Å². The topological polar surface area (TPSA) is 41.6 Å². The molecule has 0 aromatic heterocycles. The fourth-order valence-electron chi connectivity index (χ4n) is 2.65. The van der Waals surface area contributed by atoms with Gasteiger partial charge in [0, 0.05) is 25.7 Å². The van der Waals surface area contributed by atoms with E-state index in [2.05, 4.69) is 12.2 Å². The highest BCUT2D eigenvalue weighted by Crippen LogP contribution is 2.18. The van der Waals surface area contributed by atoms with Crippen LogP contribution in [0.3, 0.4) is 0 Å². The Morgan fingerprint density at radius 3 is 2.88 bits per heavy atom. The Labute approximate surface area is 97.3 Å². The minimum absolute atomic E-state index is 0.165. The first kappa shape index (κ1) is 11.9. The Balaban J connectivity index is 1.94. The third kappa shape index (κ3) is 2.55. The number of carbonyl (C=O) groups is 1. The average Bonchev–Trinajstić information content (AvgIpc) is 2.85. The smallest absolute Gasteiger partial charge is 0.251 e. The fraction of sp³-hybridized carbons (Fsp3) is 0.917. The predicted octanol–water partition coefficient (Wildman–Crippen LogP) is 0.766. The van der Waals surface area contributed by atoms with Crippen LogP contribution in [-0.2, 0) is 9.53 Å². The molecule has 0 aliphatic carbocycles. The van der Waals surface area contributed by atoms with Crippen LogP contribution in [0.5, 0.6) is 0 Å². The van der Waals surface area contributed by atoms with E-state index in [-0.39, 0.29) is 12.0 Å². The first-order chi connectivity index (χ1) is 7.83. The van der Waals surface area contributed by atoms with E-state index >= 15 is 0 Å². The van der Waals surface area contributed by atoms with Gasteiger partial charge in [-0.25, -0.2) is 0 Å². The van der Waals surface area contributed by atoms with Crippen molar-refractivity contribution in [2.75, 3.05) is 26.2 Å². The van der Waals surface area contributed by atoms with Crippen molar-refractivity contribution in [3.8, 4) is 0 Å². The summed E-state index contributed by atoms with van der Waals surface area (Å²) < 4.78 is 5.48. The molecule has 4 nitrogen and oxygen atoms in total. The highest BCUT2D eigenvalue weighted by molar-refractivity contribution is 5.81. The zero-order valence-corrected chi connectivity index (χ0v) is 10.1. The lowest BCUT2D eigenvalue weighted by atomic mass is 10.0. The molecule has 2 fully saturated rings. The first-order valence-electron chi connectivity index (χ1n) is 6.45. The molecule has 0 aromatic carbocycles.